The van der Waals surface area contributed by atoms with Gasteiger partial charge in [-0.25, -0.2) is 0 Å². The van der Waals surface area contributed by atoms with Gasteiger partial charge >= 0.3 is 0 Å². The maximum Gasteiger partial charge on any atom is 0.241 e. The number of amides is 1. The van der Waals surface area contributed by atoms with Crippen molar-refractivity contribution in [3.05, 3.63) is 29.8 Å². The molecule has 0 aliphatic carbocycles. The summed E-state index contributed by atoms with van der Waals surface area (Å²) in [5.74, 6) is 1.70. The molecule has 0 saturated carbocycles. The van der Waals surface area contributed by atoms with E-state index in [2.05, 4.69) is 32.7 Å². The van der Waals surface area contributed by atoms with Gasteiger partial charge in [0.15, 0.2) is 5.96 Å². The van der Waals surface area contributed by atoms with Crippen LogP contribution in [-0.2, 0) is 4.79 Å². The number of hydrogen-bond acceptors (Lipinski definition) is 4. The van der Waals surface area contributed by atoms with Crippen molar-refractivity contribution >= 4 is 35.8 Å². The van der Waals surface area contributed by atoms with E-state index in [1.807, 2.05) is 17.0 Å². The number of aliphatic imine (C=N–C) groups is 1. The molecule has 0 bridgehead atoms. The number of ether oxygens (including phenoxy) is 1. The number of rotatable bonds is 7. The van der Waals surface area contributed by atoms with Gasteiger partial charge in [0, 0.05) is 26.7 Å². The van der Waals surface area contributed by atoms with E-state index in [1.165, 1.54) is 31.2 Å². The number of likely N-dealkylation sites (tertiary alicyclic amines) is 2. The molecule has 2 saturated heterocycles. The molecular weight excluding hydrogens is 505 g/mol. The van der Waals surface area contributed by atoms with E-state index < -0.39 is 0 Å². The Balaban J connectivity index is 0.00000341. The van der Waals surface area contributed by atoms with Crippen molar-refractivity contribution in [2.45, 2.75) is 44.6 Å². The standard InChI is InChI=1S/C23H37N5O2.HI/c1-24-23(26-18-22(29)28-15-7-4-8-16-28)25-17-21(27-13-5-3-6-14-27)19-9-11-20(30-2)12-10-19;/h9-12,21H,3-8,13-18H2,1-2H3,(H2,24,25,26);1H. The second kappa shape index (κ2) is 13.8. The van der Waals surface area contributed by atoms with Gasteiger partial charge in [0.05, 0.1) is 19.7 Å². The molecule has 1 amide bonds. The number of carbonyl (C=O) groups is 1. The second-order valence-corrected chi connectivity index (χ2v) is 8.13. The first-order valence-corrected chi connectivity index (χ1v) is 11.3. The number of nitrogens with one attached hydrogen (secondary N) is 2. The van der Waals surface area contributed by atoms with Crippen LogP contribution in [0.15, 0.2) is 29.3 Å². The van der Waals surface area contributed by atoms with Crippen LogP contribution in [-0.4, -0.2) is 75.1 Å². The number of guanidine groups is 1. The molecule has 7 nitrogen and oxygen atoms in total. The van der Waals surface area contributed by atoms with Gasteiger partial charge in [-0.3, -0.25) is 14.7 Å². The highest BCUT2D eigenvalue weighted by molar-refractivity contribution is 14.0. The largest absolute Gasteiger partial charge is 0.497 e. The summed E-state index contributed by atoms with van der Waals surface area (Å²) in [7, 11) is 3.45. The first-order chi connectivity index (χ1) is 14.7. The van der Waals surface area contributed by atoms with E-state index in [0.717, 1.165) is 51.3 Å². The van der Waals surface area contributed by atoms with Crippen LogP contribution in [0.1, 0.15) is 50.1 Å². The van der Waals surface area contributed by atoms with E-state index in [1.54, 1.807) is 14.2 Å². The van der Waals surface area contributed by atoms with Gasteiger partial charge < -0.3 is 20.3 Å². The fourth-order valence-corrected chi connectivity index (χ4v) is 4.34. The third-order valence-electron chi connectivity index (χ3n) is 6.13. The highest BCUT2D eigenvalue weighted by Crippen LogP contribution is 2.25. The lowest BCUT2D eigenvalue weighted by atomic mass is 10.0. The van der Waals surface area contributed by atoms with Gasteiger partial charge in [0.2, 0.25) is 5.91 Å². The Morgan fingerprint density at radius 3 is 2.19 bits per heavy atom. The second-order valence-electron chi connectivity index (χ2n) is 8.13. The fraction of sp³-hybridized carbons (Fsp3) is 0.652. The number of methoxy groups -OCH3 is 1. The molecule has 0 radical (unpaired) electrons. The van der Waals surface area contributed by atoms with Crippen LogP contribution >= 0.6 is 24.0 Å². The average molecular weight is 543 g/mol. The lowest BCUT2D eigenvalue weighted by Gasteiger charge is -2.35. The van der Waals surface area contributed by atoms with Gasteiger partial charge in [-0.05, 0) is 62.9 Å². The molecule has 0 aromatic heterocycles. The van der Waals surface area contributed by atoms with Crippen molar-refractivity contribution in [1.29, 1.82) is 0 Å². The minimum atomic E-state index is 0. The maximum absolute atomic E-state index is 12.4. The van der Waals surface area contributed by atoms with Crippen molar-refractivity contribution < 1.29 is 9.53 Å². The number of halogens is 1. The highest BCUT2D eigenvalue weighted by Gasteiger charge is 2.23. The quantitative estimate of drug-likeness (QED) is 0.315. The Bertz CT molecular complexity index is 686. The lowest BCUT2D eigenvalue weighted by Crippen LogP contribution is -2.48. The molecule has 8 heteroatoms. The molecule has 174 valence electrons. The van der Waals surface area contributed by atoms with Crippen molar-refractivity contribution in [2.24, 2.45) is 4.99 Å². The first-order valence-electron chi connectivity index (χ1n) is 11.3. The summed E-state index contributed by atoms with van der Waals surface area (Å²) >= 11 is 0. The summed E-state index contributed by atoms with van der Waals surface area (Å²) in [6.45, 7) is 5.00. The van der Waals surface area contributed by atoms with E-state index in [9.17, 15) is 4.79 Å². The average Bonchev–Trinajstić information content (AvgIpc) is 2.82. The molecule has 2 heterocycles. The molecule has 0 spiro atoms. The zero-order chi connectivity index (χ0) is 21.2. The van der Waals surface area contributed by atoms with Crippen molar-refractivity contribution in [3.63, 3.8) is 0 Å². The molecular formula is C23H38IN5O2. The Hall–Kier alpha value is -1.55. The number of hydrogen-bond donors (Lipinski definition) is 2. The predicted molar refractivity (Wildman–Crippen MR) is 136 cm³/mol. The number of carbonyl (C=O) groups excluding carboxylic acids is 1. The Kier molecular flexibility index (Phi) is 11.4. The molecule has 1 aromatic rings. The molecule has 1 unspecified atom stereocenters. The zero-order valence-corrected chi connectivity index (χ0v) is 21.3. The molecule has 2 fully saturated rings. The SMILES string of the molecule is CN=C(NCC(=O)N1CCCCC1)NCC(c1ccc(OC)cc1)N1CCCCC1.I. The fourth-order valence-electron chi connectivity index (χ4n) is 4.34. The summed E-state index contributed by atoms with van der Waals surface area (Å²) < 4.78 is 5.32. The van der Waals surface area contributed by atoms with Gasteiger partial charge in [-0.1, -0.05) is 18.6 Å². The van der Waals surface area contributed by atoms with Crippen LogP contribution in [0.4, 0.5) is 0 Å². The molecule has 1 atom stereocenters. The lowest BCUT2D eigenvalue weighted by molar-refractivity contribution is -0.130. The van der Waals surface area contributed by atoms with Crippen molar-refractivity contribution in [1.82, 2.24) is 20.4 Å². The molecule has 2 aliphatic rings. The van der Waals surface area contributed by atoms with E-state index in [0.29, 0.717) is 5.96 Å². The molecule has 1 aromatic carbocycles. The monoisotopic (exact) mass is 543 g/mol. The number of nitrogens with zero attached hydrogens (tertiary/aromatic N) is 3. The Morgan fingerprint density at radius 1 is 1.00 bits per heavy atom. The molecule has 2 aliphatic heterocycles. The summed E-state index contributed by atoms with van der Waals surface area (Å²) in [5.41, 5.74) is 1.27. The van der Waals surface area contributed by atoms with Gasteiger partial charge in [0.1, 0.15) is 5.75 Å². The first kappa shape index (κ1) is 25.7. The number of benzene rings is 1. The molecule has 3 rings (SSSR count). The zero-order valence-electron chi connectivity index (χ0n) is 18.9. The minimum Gasteiger partial charge on any atom is -0.497 e. The Labute approximate surface area is 204 Å². The van der Waals surface area contributed by atoms with Gasteiger partial charge in [-0.15, -0.1) is 24.0 Å². The third-order valence-corrected chi connectivity index (χ3v) is 6.13. The number of piperidine rings is 2. The van der Waals surface area contributed by atoms with Crippen molar-refractivity contribution in [3.8, 4) is 5.75 Å². The van der Waals surface area contributed by atoms with E-state index in [-0.39, 0.29) is 42.5 Å². The minimum absolute atomic E-state index is 0. The van der Waals surface area contributed by atoms with Crippen LogP contribution in [0, 0.1) is 0 Å². The molecule has 2 N–H and O–H groups in total. The smallest absolute Gasteiger partial charge is 0.241 e. The molecule has 31 heavy (non-hydrogen) atoms. The summed E-state index contributed by atoms with van der Waals surface area (Å²) in [5, 5.41) is 6.65. The summed E-state index contributed by atoms with van der Waals surface area (Å²) in [4.78, 5) is 21.3. The van der Waals surface area contributed by atoms with Crippen LogP contribution in [0.3, 0.4) is 0 Å². The normalized spacial score (nSPS) is 18.6. The van der Waals surface area contributed by atoms with Crippen molar-refractivity contribution in [2.75, 3.05) is 53.4 Å². The van der Waals surface area contributed by atoms with Gasteiger partial charge in [0.25, 0.3) is 0 Å². The summed E-state index contributed by atoms with van der Waals surface area (Å²) in [6.07, 6.45) is 7.23. The summed E-state index contributed by atoms with van der Waals surface area (Å²) in [6, 6.07) is 8.60. The van der Waals surface area contributed by atoms with Crippen LogP contribution < -0.4 is 15.4 Å². The van der Waals surface area contributed by atoms with Crippen LogP contribution in [0.2, 0.25) is 0 Å². The maximum atomic E-state index is 12.4. The van der Waals surface area contributed by atoms with Gasteiger partial charge in [-0.2, -0.15) is 0 Å². The highest BCUT2D eigenvalue weighted by atomic mass is 127. The van der Waals surface area contributed by atoms with E-state index >= 15 is 0 Å². The van der Waals surface area contributed by atoms with E-state index in [4.69, 9.17) is 4.74 Å². The predicted octanol–water partition coefficient (Wildman–Crippen LogP) is 3.02. The topological polar surface area (TPSA) is 69.2 Å². The third kappa shape index (κ3) is 7.82. The van der Waals surface area contributed by atoms with Crippen LogP contribution in [0.5, 0.6) is 5.75 Å². The van der Waals surface area contributed by atoms with Crippen LogP contribution in [0.25, 0.3) is 0 Å². The Morgan fingerprint density at radius 2 is 1.61 bits per heavy atom.